The topological polar surface area (TPSA) is 30.2 Å². The smallest absolute Gasteiger partial charge is 0.163 e. The maximum Gasteiger partial charge on any atom is 0.163 e. The number of rotatable bonds is 3. The van der Waals surface area contributed by atoms with Crippen molar-refractivity contribution in [3.8, 4) is 22.4 Å². The van der Waals surface area contributed by atoms with Gasteiger partial charge < -0.3 is 0 Å². The summed E-state index contributed by atoms with van der Waals surface area (Å²) in [6.45, 7) is 6.27. The summed E-state index contributed by atoms with van der Waals surface area (Å²) in [5.74, 6) is 0. The van der Waals surface area contributed by atoms with Crippen LogP contribution >= 0.6 is 11.8 Å². The summed E-state index contributed by atoms with van der Waals surface area (Å²) < 4.78 is 1.97. The molecule has 4 heteroatoms. The van der Waals surface area contributed by atoms with Gasteiger partial charge in [-0.15, -0.1) is 11.8 Å². The van der Waals surface area contributed by atoms with Crippen LogP contribution in [0.15, 0.2) is 59.6 Å². The molecular formula is C22H21N3S. The minimum absolute atomic E-state index is 0.904. The number of hydrogen-bond donors (Lipinski definition) is 0. The lowest BCUT2D eigenvalue weighted by Crippen LogP contribution is -1.98. The molecule has 0 aliphatic rings. The van der Waals surface area contributed by atoms with E-state index in [0.717, 1.165) is 39.3 Å². The third-order valence-corrected chi connectivity index (χ3v) is 5.58. The Morgan fingerprint density at radius 2 is 1.50 bits per heavy atom. The van der Waals surface area contributed by atoms with Crippen LogP contribution in [-0.4, -0.2) is 20.9 Å². The van der Waals surface area contributed by atoms with Crippen LogP contribution in [0, 0.1) is 20.8 Å². The fourth-order valence-electron chi connectivity index (χ4n) is 3.12. The van der Waals surface area contributed by atoms with E-state index in [2.05, 4.69) is 75.6 Å². The van der Waals surface area contributed by atoms with E-state index in [1.54, 1.807) is 11.8 Å². The van der Waals surface area contributed by atoms with Crippen molar-refractivity contribution in [1.29, 1.82) is 0 Å². The van der Waals surface area contributed by atoms with Gasteiger partial charge in [-0.05, 0) is 50.3 Å². The van der Waals surface area contributed by atoms with Crippen molar-refractivity contribution in [1.82, 2.24) is 14.6 Å². The molecule has 2 heterocycles. The molecule has 4 aromatic rings. The van der Waals surface area contributed by atoms with Gasteiger partial charge >= 0.3 is 0 Å². The van der Waals surface area contributed by atoms with Gasteiger partial charge in [0.1, 0.15) is 5.69 Å². The van der Waals surface area contributed by atoms with Gasteiger partial charge in [-0.25, -0.2) is 9.50 Å². The number of nitrogens with zero attached hydrogens (tertiary/aromatic N) is 3. The highest BCUT2D eigenvalue weighted by molar-refractivity contribution is 7.98. The van der Waals surface area contributed by atoms with Gasteiger partial charge in [0.15, 0.2) is 5.65 Å². The van der Waals surface area contributed by atoms with Crippen LogP contribution in [0.25, 0.3) is 28.0 Å². The third kappa shape index (κ3) is 2.80. The summed E-state index contributed by atoms with van der Waals surface area (Å²) in [5, 5.41) is 4.94. The van der Waals surface area contributed by atoms with E-state index in [0.29, 0.717) is 0 Å². The average molecular weight is 359 g/mol. The lowest BCUT2D eigenvalue weighted by Gasteiger charge is -2.05. The highest BCUT2D eigenvalue weighted by Crippen LogP contribution is 2.35. The zero-order chi connectivity index (χ0) is 18.3. The van der Waals surface area contributed by atoms with Crippen LogP contribution in [0.1, 0.15) is 16.8 Å². The first-order chi connectivity index (χ1) is 12.6. The van der Waals surface area contributed by atoms with E-state index in [1.807, 2.05) is 10.7 Å². The Hall–Kier alpha value is -2.59. The van der Waals surface area contributed by atoms with Gasteiger partial charge in [-0.1, -0.05) is 42.0 Å². The normalized spacial score (nSPS) is 11.2. The quantitative estimate of drug-likeness (QED) is 0.439. The summed E-state index contributed by atoms with van der Waals surface area (Å²) >= 11 is 1.75. The highest BCUT2D eigenvalue weighted by atomic mass is 32.2. The highest BCUT2D eigenvalue weighted by Gasteiger charge is 2.19. The summed E-state index contributed by atoms with van der Waals surface area (Å²) in [5.41, 5.74) is 8.73. The first-order valence-electron chi connectivity index (χ1n) is 8.65. The van der Waals surface area contributed by atoms with Crippen molar-refractivity contribution in [2.24, 2.45) is 0 Å². The van der Waals surface area contributed by atoms with Crippen molar-refractivity contribution >= 4 is 17.4 Å². The molecule has 0 saturated heterocycles. The molecule has 0 N–H and O–H groups in total. The number of hydrogen-bond acceptors (Lipinski definition) is 3. The molecule has 0 spiro atoms. The number of aryl methyl sites for hydroxylation is 3. The van der Waals surface area contributed by atoms with Crippen molar-refractivity contribution in [3.05, 3.63) is 71.5 Å². The van der Waals surface area contributed by atoms with Gasteiger partial charge in [-0.2, -0.15) is 5.10 Å². The number of aromatic nitrogens is 3. The maximum absolute atomic E-state index is 4.94. The molecule has 0 bridgehead atoms. The van der Waals surface area contributed by atoms with Crippen LogP contribution in [0.3, 0.4) is 0 Å². The maximum atomic E-state index is 4.94. The van der Waals surface area contributed by atoms with Gasteiger partial charge in [0.2, 0.25) is 0 Å². The molecule has 2 aromatic carbocycles. The zero-order valence-electron chi connectivity index (χ0n) is 15.4. The second-order valence-electron chi connectivity index (χ2n) is 6.58. The third-order valence-electron chi connectivity index (χ3n) is 4.83. The Morgan fingerprint density at radius 1 is 0.846 bits per heavy atom. The van der Waals surface area contributed by atoms with Crippen LogP contribution in [0.2, 0.25) is 0 Å². The predicted octanol–water partition coefficient (Wildman–Crippen LogP) is 5.71. The number of thioether (sulfide) groups is 1. The summed E-state index contributed by atoms with van der Waals surface area (Å²) in [6, 6.07) is 17.2. The van der Waals surface area contributed by atoms with Gasteiger partial charge in [-0.3, -0.25) is 0 Å². The van der Waals surface area contributed by atoms with Crippen molar-refractivity contribution in [2.75, 3.05) is 6.26 Å². The molecule has 0 unspecified atom stereocenters. The summed E-state index contributed by atoms with van der Waals surface area (Å²) in [7, 11) is 0. The van der Waals surface area contributed by atoms with Gasteiger partial charge in [0.05, 0.1) is 5.56 Å². The molecule has 0 atom stereocenters. The summed E-state index contributed by atoms with van der Waals surface area (Å²) in [6.07, 6.45) is 4.03. The van der Waals surface area contributed by atoms with E-state index in [-0.39, 0.29) is 0 Å². The van der Waals surface area contributed by atoms with E-state index < -0.39 is 0 Å². The molecule has 26 heavy (non-hydrogen) atoms. The van der Waals surface area contributed by atoms with Gasteiger partial charge in [0.25, 0.3) is 0 Å². The molecule has 130 valence electrons. The van der Waals surface area contributed by atoms with Crippen molar-refractivity contribution < 1.29 is 0 Å². The molecule has 0 amide bonds. The zero-order valence-corrected chi connectivity index (χ0v) is 16.3. The van der Waals surface area contributed by atoms with Crippen molar-refractivity contribution in [2.45, 2.75) is 25.7 Å². The van der Waals surface area contributed by atoms with Crippen LogP contribution in [0.5, 0.6) is 0 Å². The first kappa shape index (κ1) is 16.9. The molecule has 0 radical (unpaired) electrons. The Balaban J connectivity index is 2.02. The van der Waals surface area contributed by atoms with Crippen LogP contribution in [-0.2, 0) is 0 Å². The Bertz CT molecular complexity index is 1080. The second-order valence-corrected chi connectivity index (χ2v) is 7.46. The minimum Gasteiger partial charge on any atom is -0.236 e. The minimum atomic E-state index is 0.904. The molecular weight excluding hydrogens is 338 g/mol. The Morgan fingerprint density at radius 3 is 2.15 bits per heavy atom. The number of benzene rings is 2. The first-order valence-corrected chi connectivity index (χ1v) is 9.87. The average Bonchev–Trinajstić information content (AvgIpc) is 3.06. The van der Waals surface area contributed by atoms with E-state index >= 15 is 0 Å². The molecule has 0 aliphatic heterocycles. The van der Waals surface area contributed by atoms with Gasteiger partial charge in [0, 0.05) is 22.3 Å². The molecule has 0 aliphatic carbocycles. The Labute approximate surface area is 158 Å². The fraction of sp³-hybridized carbons (Fsp3) is 0.182. The van der Waals surface area contributed by atoms with E-state index in [1.165, 1.54) is 10.5 Å². The SMILES string of the molecule is CSc1ccc(-c2nn3c(C)c(C)cnc3c2-c2ccc(C)cc2)cc1. The van der Waals surface area contributed by atoms with E-state index in [4.69, 9.17) is 10.1 Å². The lowest BCUT2D eigenvalue weighted by atomic mass is 10.0. The largest absolute Gasteiger partial charge is 0.236 e. The molecule has 4 rings (SSSR count). The number of fused-ring (bicyclic) bond motifs is 1. The molecule has 0 fully saturated rings. The van der Waals surface area contributed by atoms with Crippen molar-refractivity contribution in [3.63, 3.8) is 0 Å². The van der Waals surface area contributed by atoms with E-state index in [9.17, 15) is 0 Å². The standard InChI is InChI=1S/C22H21N3S/c1-14-5-7-17(8-6-14)20-21(18-9-11-19(26-4)12-10-18)24-25-16(3)15(2)13-23-22(20)25/h5-13H,1-4H3. The molecule has 2 aromatic heterocycles. The predicted molar refractivity (Wildman–Crippen MR) is 110 cm³/mol. The second kappa shape index (κ2) is 6.61. The fourth-order valence-corrected chi connectivity index (χ4v) is 3.53. The molecule has 0 saturated carbocycles. The Kier molecular flexibility index (Phi) is 4.29. The summed E-state index contributed by atoms with van der Waals surface area (Å²) in [4.78, 5) is 5.97. The monoisotopic (exact) mass is 359 g/mol. The lowest BCUT2D eigenvalue weighted by molar-refractivity contribution is 0.884. The molecule has 3 nitrogen and oxygen atoms in total. The van der Waals surface area contributed by atoms with Crippen LogP contribution < -0.4 is 0 Å². The van der Waals surface area contributed by atoms with Crippen LogP contribution in [0.4, 0.5) is 0 Å².